The molecule has 0 aliphatic heterocycles. The number of amides is 2. The van der Waals surface area contributed by atoms with Gasteiger partial charge in [-0.2, -0.15) is 0 Å². The molecule has 3 rings (SSSR count). The molecule has 2 aromatic carbocycles. The monoisotopic (exact) mass is 570 g/mol. The second-order valence-corrected chi connectivity index (χ2v) is 7.97. The molecule has 0 spiro atoms. The van der Waals surface area contributed by atoms with Gasteiger partial charge in [0, 0.05) is 16.7 Å². The summed E-state index contributed by atoms with van der Waals surface area (Å²) >= 11 is 17.5. The van der Waals surface area contributed by atoms with Crippen LogP contribution in [0.5, 0.6) is 5.75 Å². The SMILES string of the molecule is O=C(COc1ccc(Cl)cc1Cl)NNc1ncnc(NNC(=O)c2ccc(Cl)c([N+](=O)[O-])c2)c1[N+](=O)[O-]. The van der Waals surface area contributed by atoms with Gasteiger partial charge in [0.05, 0.1) is 14.9 Å². The molecule has 2 amide bonds. The number of benzene rings is 2. The first-order chi connectivity index (χ1) is 17.6. The highest BCUT2D eigenvalue weighted by molar-refractivity contribution is 6.35. The van der Waals surface area contributed by atoms with Crippen molar-refractivity contribution in [2.24, 2.45) is 0 Å². The van der Waals surface area contributed by atoms with Crippen molar-refractivity contribution in [3.63, 3.8) is 0 Å². The molecule has 0 aliphatic rings. The lowest BCUT2D eigenvalue weighted by atomic mass is 10.2. The number of hydrogen-bond donors (Lipinski definition) is 4. The molecule has 0 atom stereocenters. The van der Waals surface area contributed by atoms with E-state index in [9.17, 15) is 29.8 Å². The van der Waals surface area contributed by atoms with Gasteiger partial charge < -0.3 is 4.74 Å². The number of aromatic nitrogens is 2. The van der Waals surface area contributed by atoms with Gasteiger partial charge in [-0.1, -0.05) is 34.8 Å². The third kappa shape index (κ3) is 7.03. The number of carbonyl (C=O) groups is 2. The molecule has 0 radical (unpaired) electrons. The summed E-state index contributed by atoms with van der Waals surface area (Å²) in [6.07, 6.45) is 0.910. The van der Waals surface area contributed by atoms with Crippen LogP contribution in [0.2, 0.25) is 15.1 Å². The summed E-state index contributed by atoms with van der Waals surface area (Å²) in [6, 6.07) is 7.66. The predicted octanol–water partition coefficient (Wildman–Crippen LogP) is 3.53. The van der Waals surface area contributed by atoms with Crippen LogP contribution < -0.4 is 26.4 Å². The third-order valence-corrected chi connectivity index (χ3v) is 5.13. The van der Waals surface area contributed by atoms with Crippen LogP contribution in [0.3, 0.4) is 0 Å². The number of nitro groups is 2. The topological polar surface area (TPSA) is 204 Å². The van der Waals surface area contributed by atoms with Gasteiger partial charge in [0.15, 0.2) is 6.61 Å². The molecule has 4 N–H and O–H groups in total. The minimum atomic E-state index is -0.881. The Labute approximate surface area is 221 Å². The van der Waals surface area contributed by atoms with E-state index in [4.69, 9.17) is 39.5 Å². The zero-order valence-electron chi connectivity index (χ0n) is 18.0. The molecule has 1 heterocycles. The van der Waals surface area contributed by atoms with E-state index in [1.54, 1.807) is 0 Å². The van der Waals surface area contributed by atoms with Gasteiger partial charge in [0.1, 0.15) is 17.1 Å². The third-order valence-electron chi connectivity index (χ3n) is 4.28. The predicted molar refractivity (Wildman–Crippen MR) is 132 cm³/mol. The summed E-state index contributed by atoms with van der Waals surface area (Å²) in [6.45, 7) is -0.512. The molecule has 37 heavy (non-hydrogen) atoms. The van der Waals surface area contributed by atoms with Gasteiger partial charge in [-0.3, -0.25) is 51.5 Å². The average molecular weight is 572 g/mol. The highest BCUT2D eigenvalue weighted by Gasteiger charge is 2.24. The highest BCUT2D eigenvalue weighted by Crippen LogP contribution is 2.29. The molecular formula is C19H13Cl3N8O7. The Kier molecular flexibility index (Phi) is 8.78. The van der Waals surface area contributed by atoms with E-state index in [-0.39, 0.29) is 21.4 Å². The van der Waals surface area contributed by atoms with E-state index in [1.807, 2.05) is 0 Å². The number of anilines is 2. The Hall–Kier alpha value is -4.47. The number of rotatable bonds is 10. The minimum absolute atomic E-state index is 0.160. The molecule has 15 nitrogen and oxygen atoms in total. The summed E-state index contributed by atoms with van der Waals surface area (Å²) in [7, 11) is 0. The maximum Gasteiger partial charge on any atom is 0.356 e. The van der Waals surface area contributed by atoms with Crippen LogP contribution in [-0.2, 0) is 4.79 Å². The summed E-state index contributed by atoms with van der Waals surface area (Å²) < 4.78 is 5.26. The fourth-order valence-corrected chi connectivity index (χ4v) is 3.27. The highest BCUT2D eigenvalue weighted by atomic mass is 35.5. The van der Waals surface area contributed by atoms with Crippen molar-refractivity contribution in [3.05, 3.63) is 83.6 Å². The molecule has 18 heteroatoms. The first-order valence-corrected chi connectivity index (χ1v) is 10.8. The van der Waals surface area contributed by atoms with Crippen LogP contribution >= 0.6 is 34.8 Å². The van der Waals surface area contributed by atoms with Crippen molar-refractivity contribution in [1.29, 1.82) is 0 Å². The first kappa shape index (κ1) is 27.1. The van der Waals surface area contributed by atoms with E-state index in [0.717, 1.165) is 18.5 Å². The van der Waals surface area contributed by atoms with E-state index in [1.165, 1.54) is 24.3 Å². The number of nitrogens with one attached hydrogen (secondary N) is 4. The number of hydrazine groups is 2. The van der Waals surface area contributed by atoms with Crippen molar-refractivity contribution in [3.8, 4) is 5.75 Å². The van der Waals surface area contributed by atoms with E-state index < -0.39 is 51.3 Å². The van der Waals surface area contributed by atoms with Crippen molar-refractivity contribution in [2.45, 2.75) is 0 Å². The van der Waals surface area contributed by atoms with Gasteiger partial charge in [0.2, 0.25) is 11.6 Å². The fraction of sp³-hybridized carbons (Fsp3) is 0.0526. The summed E-state index contributed by atoms with van der Waals surface area (Å²) in [4.78, 5) is 52.8. The second-order valence-electron chi connectivity index (χ2n) is 6.72. The lowest BCUT2D eigenvalue weighted by Gasteiger charge is -2.12. The van der Waals surface area contributed by atoms with Gasteiger partial charge >= 0.3 is 5.69 Å². The Morgan fingerprint density at radius 3 is 2.19 bits per heavy atom. The number of ether oxygens (including phenoxy) is 1. The van der Waals surface area contributed by atoms with Crippen molar-refractivity contribution >= 4 is 69.6 Å². The molecule has 0 saturated carbocycles. The van der Waals surface area contributed by atoms with Crippen molar-refractivity contribution < 1.29 is 24.2 Å². The van der Waals surface area contributed by atoms with Crippen LogP contribution in [0.25, 0.3) is 0 Å². The molecule has 0 bridgehead atoms. The Morgan fingerprint density at radius 2 is 1.57 bits per heavy atom. The van der Waals surface area contributed by atoms with Gasteiger partial charge in [-0.05, 0) is 30.3 Å². The average Bonchev–Trinajstić information content (AvgIpc) is 2.85. The summed E-state index contributed by atoms with van der Waals surface area (Å²) in [5, 5.41) is 23.0. The molecule has 0 aliphatic carbocycles. The van der Waals surface area contributed by atoms with E-state index in [0.29, 0.717) is 5.02 Å². The molecule has 0 saturated heterocycles. The smallest absolute Gasteiger partial charge is 0.356 e. The first-order valence-electron chi connectivity index (χ1n) is 9.69. The van der Waals surface area contributed by atoms with Gasteiger partial charge in [-0.15, -0.1) is 0 Å². The summed E-state index contributed by atoms with van der Waals surface area (Å²) in [5.41, 5.74) is 7.40. The van der Waals surface area contributed by atoms with Crippen LogP contribution in [0.4, 0.5) is 23.0 Å². The number of hydrogen-bond acceptors (Lipinski definition) is 11. The van der Waals surface area contributed by atoms with Crippen LogP contribution in [0, 0.1) is 20.2 Å². The lowest BCUT2D eigenvalue weighted by Crippen LogP contribution is -2.34. The molecule has 0 fully saturated rings. The zero-order valence-corrected chi connectivity index (χ0v) is 20.3. The molecular weight excluding hydrogens is 559 g/mol. The maximum absolute atomic E-state index is 12.4. The quantitative estimate of drug-likeness (QED) is 0.205. The number of halogens is 3. The normalized spacial score (nSPS) is 10.2. The second kappa shape index (κ2) is 12.0. The van der Waals surface area contributed by atoms with Crippen LogP contribution in [0.1, 0.15) is 10.4 Å². The zero-order chi connectivity index (χ0) is 27.1. The standard InChI is InChI=1S/C19H13Cl3N8O7/c20-10-2-4-14(12(22)6-10)37-7-15(31)25-26-17-16(30(35)36)18(24-8-23-17)27-28-19(32)9-1-3-11(21)13(5-9)29(33)34/h1-6,8H,7H2,(H,25,31)(H,28,32)(H2,23,24,26,27). The Bertz CT molecular complexity index is 1390. The number of carbonyl (C=O) groups excluding carboxylic acids is 2. The van der Waals surface area contributed by atoms with Gasteiger partial charge in [-0.25, -0.2) is 9.97 Å². The van der Waals surface area contributed by atoms with Crippen LogP contribution in [-0.4, -0.2) is 38.2 Å². The van der Waals surface area contributed by atoms with E-state index in [2.05, 4.69) is 31.7 Å². The van der Waals surface area contributed by atoms with Crippen molar-refractivity contribution in [2.75, 3.05) is 17.5 Å². The fourth-order valence-electron chi connectivity index (χ4n) is 2.62. The Balaban J connectivity index is 1.66. The maximum atomic E-state index is 12.4. The number of nitrogens with zero attached hydrogens (tertiary/aromatic N) is 4. The summed E-state index contributed by atoms with van der Waals surface area (Å²) in [5.74, 6) is -2.34. The molecule has 0 unspecified atom stereocenters. The number of nitro benzene ring substituents is 1. The van der Waals surface area contributed by atoms with E-state index >= 15 is 0 Å². The molecule has 3 aromatic rings. The van der Waals surface area contributed by atoms with Crippen LogP contribution in [0.15, 0.2) is 42.7 Å². The Morgan fingerprint density at radius 1 is 0.892 bits per heavy atom. The lowest BCUT2D eigenvalue weighted by molar-refractivity contribution is -0.384. The molecule has 192 valence electrons. The molecule has 1 aromatic heterocycles. The minimum Gasteiger partial charge on any atom is -0.482 e. The van der Waals surface area contributed by atoms with Gasteiger partial charge in [0.25, 0.3) is 17.5 Å². The van der Waals surface area contributed by atoms with Crippen molar-refractivity contribution in [1.82, 2.24) is 20.8 Å². The largest absolute Gasteiger partial charge is 0.482 e.